The van der Waals surface area contributed by atoms with Gasteiger partial charge in [-0.3, -0.25) is 0 Å². The predicted octanol–water partition coefficient (Wildman–Crippen LogP) is 1.33. The number of rotatable bonds is 1. The molecule has 4 unspecified atom stereocenters. The second-order valence-corrected chi connectivity index (χ2v) is 6.14. The number of esters is 1. The van der Waals surface area contributed by atoms with Gasteiger partial charge in [-0.05, 0) is 36.8 Å². The third-order valence-electron chi connectivity index (χ3n) is 5.21. The van der Waals surface area contributed by atoms with E-state index in [1.165, 1.54) is 0 Å². The van der Waals surface area contributed by atoms with Gasteiger partial charge in [-0.1, -0.05) is 13.5 Å². The Bertz CT molecular complexity index is 479. The first kappa shape index (κ1) is 12.9. The van der Waals surface area contributed by atoms with Gasteiger partial charge in [-0.15, -0.1) is 0 Å². The summed E-state index contributed by atoms with van der Waals surface area (Å²) in [6.45, 7) is 5.83. The SMILES string of the molecule is C=C1C(=O)OC2C3=C(CO)CCC(O)C3(C)CCC12. The summed E-state index contributed by atoms with van der Waals surface area (Å²) in [6, 6.07) is 0. The Morgan fingerprint density at radius 2 is 2.21 bits per heavy atom. The van der Waals surface area contributed by atoms with Gasteiger partial charge in [0.05, 0.1) is 12.7 Å². The number of hydrogen-bond acceptors (Lipinski definition) is 4. The smallest absolute Gasteiger partial charge is 0.334 e. The Morgan fingerprint density at radius 1 is 1.47 bits per heavy atom. The van der Waals surface area contributed by atoms with E-state index in [1.807, 2.05) is 6.92 Å². The van der Waals surface area contributed by atoms with Crippen molar-refractivity contribution in [1.29, 1.82) is 0 Å². The van der Waals surface area contributed by atoms with Crippen LogP contribution in [-0.4, -0.2) is 35.0 Å². The van der Waals surface area contributed by atoms with Gasteiger partial charge in [0.15, 0.2) is 0 Å². The molecule has 2 fully saturated rings. The summed E-state index contributed by atoms with van der Waals surface area (Å²) in [5.41, 5.74) is 2.06. The van der Waals surface area contributed by atoms with Crippen LogP contribution in [0.2, 0.25) is 0 Å². The average molecular weight is 264 g/mol. The van der Waals surface area contributed by atoms with Crippen LogP contribution in [0.15, 0.2) is 23.3 Å². The molecule has 4 atom stereocenters. The van der Waals surface area contributed by atoms with Crippen molar-refractivity contribution in [3.8, 4) is 0 Å². The number of hydrogen-bond donors (Lipinski definition) is 2. The number of ether oxygens (including phenoxy) is 1. The fourth-order valence-corrected chi connectivity index (χ4v) is 3.99. The van der Waals surface area contributed by atoms with E-state index in [4.69, 9.17) is 4.74 Å². The molecule has 0 aromatic carbocycles. The maximum atomic E-state index is 11.7. The van der Waals surface area contributed by atoms with Gasteiger partial charge in [0.25, 0.3) is 0 Å². The number of aliphatic hydroxyl groups is 2. The van der Waals surface area contributed by atoms with Gasteiger partial charge in [-0.2, -0.15) is 0 Å². The van der Waals surface area contributed by atoms with Gasteiger partial charge in [0.2, 0.25) is 0 Å². The zero-order chi connectivity index (χ0) is 13.8. The van der Waals surface area contributed by atoms with Crippen LogP contribution in [-0.2, 0) is 9.53 Å². The van der Waals surface area contributed by atoms with Crippen molar-refractivity contribution < 1.29 is 19.7 Å². The summed E-state index contributed by atoms with van der Waals surface area (Å²) in [7, 11) is 0. The van der Waals surface area contributed by atoms with Crippen LogP contribution >= 0.6 is 0 Å². The minimum atomic E-state index is -0.425. The standard InChI is InChI=1S/C15H20O4/c1-8-10-5-6-15(2)11(17)4-3-9(7-16)12(15)13(10)19-14(8)18/h10-11,13,16-17H,1,3-7H2,2H3. The molecule has 0 bridgehead atoms. The largest absolute Gasteiger partial charge is 0.454 e. The second kappa shape index (κ2) is 4.18. The summed E-state index contributed by atoms with van der Waals surface area (Å²) >= 11 is 0. The fraction of sp³-hybridized carbons (Fsp3) is 0.667. The lowest BCUT2D eigenvalue weighted by Crippen LogP contribution is -2.47. The van der Waals surface area contributed by atoms with Crippen molar-refractivity contribution in [2.24, 2.45) is 11.3 Å². The average Bonchev–Trinajstić information content (AvgIpc) is 2.67. The van der Waals surface area contributed by atoms with Gasteiger partial charge < -0.3 is 14.9 Å². The molecule has 2 N–H and O–H groups in total. The molecule has 0 spiro atoms. The molecule has 4 nitrogen and oxygen atoms in total. The van der Waals surface area contributed by atoms with Gasteiger partial charge in [0.1, 0.15) is 6.10 Å². The van der Waals surface area contributed by atoms with Crippen LogP contribution in [0.3, 0.4) is 0 Å². The first-order valence-corrected chi connectivity index (χ1v) is 6.90. The quantitative estimate of drug-likeness (QED) is 0.426. The molecule has 1 aliphatic heterocycles. The molecule has 3 rings (SSSR count). The minimum Gasteiger partial charge on any atom is -0.454 e. The molecule has 0 radical (unpaired) electrons. The molecule has 4 heteroatoms. The summed E-state index contributed by atoms with van der Waals surface area (Å²) in [6.07, 6.45) is 2.22. The van der Waals surface area contributed by atoms with Gasteiger partial charge >= 0.3 is 5.97 Å². The molecule has 1 saturated carbocycles. The van der Waals surface area contributed by atoms with Crippen LogP contribution in [0, 0.1) is 11.3 Å². The van der Waals surface area contributed by atoms with Gasteiger partial charge in [0, 0.05) is 16.9 Å². The van der Waals surface area contributed by atoms with Crippen molar-refractivity contribution in [2.45, 2.75) is 44.8 Å². The molecule has 0 aromatic heterocycles. The van der Waals surface area contributed by atoms with Crippen LogP contribution in [0.25, 0.3) is 0 Å². The first-order chi connectivity index (χ1) is 8.99. The predicted molar refractivity (Wildman–Crippen MR) is 69.2 cm³/mol. The van der Waals surface area contributed by atoms with Crippen molar-refractivity contribution in [3.05, 3.63) is 23.3 Å². The van der Waals surface area contributed by atoms with E-state index in [-0.39, 0.29) is 30.0 Å². The van der Waals surface area contributed by atoms with E-state index < -0.39 is 6.10 Å². The highest BCUT2D eigenvalue weighted by atomic mass is 16.6. The maximum Gasteiger partial charge on any atom is 0.334 e. The third kappa shape index (κ3) is 1.63. The van der Waals surface area contributed by atoms with Crippen LogP contribution in [0.1, 0.15) is 32.6 Å². The minimum absolute atomic E-state index is 0.0161. The zero-order valence-corrected chi connectivity index (χ0v) is 11.2. The van der Waals surface area contributed by atoms with Crippen molar-refractivity contribution in [2.75, 3.05) is 6.61 Å². The topological polar surface area (TPSA) is 66.8 Å². The molecule has 1 saturated heterocycles. The number of carbonyl (C=O) groups excluding carboxylic acids is 1. The molecule has 2 aliphatic carbocycles. The van der Waals surface area contributed by atoms with Crippen LogP contribution in [0.4, 0.5) is 0 Å². The fourth-order valence-electron chi connectivity index (χ4n) is 3.99. The van der Waals surface area contributed by atoms with E-state index in [9.17, 15) is 15.0 Å². The molecule has 3 aliphatic rings. The van der Waals surface area contributed by atoms with Crippen LogP contribution < -0.4 is 0 Å². The lowest BCUT2D eigenvalue weighted by atomic mass is 9.59. The van der Waals surface area contributed by atoms with Crippen molar-refractivity contribution in [1.82, 2.24) is 0 Å². The Hall–Kier alpha value is -1.13. The van der Waals surface area contributed by atoms with Crippen LogP contribution in [0.5, 0.6) is 0 Å². The Morgan fingerprint density at radius 3 is 2.89 bits per heavy atom. The highest BCUT2D eigenvalue weighted by Gasteiger charge is 2.54. The molecule has 104 valence electrons. The highest BCUT2D eigenvalue weighted by Crippen LogP contribution is 2.55. The Labute approximate surface area is 112 Å². The monoisotopic (exact) mass is 264 g/mol. The van der Waals surface area contributed by atoms with Crippen molar-refractivity contribution in [3.63, 3.8) is 0 Å². The Balaban J connectivity index is 2.10. The molecular weight excluding hydrogens is 244 g/mol. The van der Waals surface area contributed by atoms with E-state index >= 15 is 0 Å². The van der Waals surface area contributed by atoms with E-state index in [0.717, 1.165) is 24.0 Å². The summed E-state index contributed by atoms with van der Waals surface area (Å²) in [5.74, 6) is -0.313. The molecule has 1 heterocycles. The maximum absolute atomic E-state index is 11.7. The highest BCUT2D eigenvalue weighted by molar-refractivity contribution is 5.91. The summed E-state index contributed by atoms with van der Waals surface area (Å²) in [4.78, 5) is 11.7. The third-order valence-corrected chi connectivity index (χ3v) is 5.21. The van der Waals surface area contributed by atoms with Crippen molar-refractivity contribution >= 4 is 5.97 Å². The lowest BCUT2D eigenvalue weighted by molar-refractivity contribution is -0.139. The number of aliphatic hydroxyl groups excluding tert-OH is 2. The summed E-state index contributed by atoms with van der Waals surface area (Å²) < 4.78 is 5.47. The number of fused-ring (bicyclic) bond motifs is 3. The van der Waals surface area contributed by atoms with E-state index in [2.05, 4.69) is 6.58 Å². The van der Waals surface area contributed by atoms with E-state index in [1.54, 1.807) is 0 Å². The molecule has 0 aromatic rings. The van der Waals surface area contributed by atoms with Gasteiger partial charge in [-0.25, -0.2) is 4.79 Å². The first-order valence-electron chi connectivity index (χ1n) is 6.90. The molecule has 19 heavy (non-hydrogen) atoms. The second-order valence-electron chi connectivity index (χ2n) is 6.14. The normalized spacial score (nSPS) is 41.9. The number of carbonyl (C=O) groups is 1. The molecular formula is C15H20O4. The Kier molecular flexibility index (Phi) is 2.84. The molecule has 0 amide bonds. The lowest BCUT2D eigenvalue weighted by Gasteiger charge is -2.48. The van der Waals surface area contributed by atoms with E-state index in [0.29, 0.717) is 18.4 Å². The zero-order valence-electron chi connectivity index (χ0n) is 11.2. The summed E-state index contributed by atoms with van der Waals surface area (Å²) in [5, 5.41) is 19.9.